The summed E-state index contributed by atoms with van der Waals surface area (Å²) >= 11 is 1.31. The third-order valence-electron chi connectivity index (χ3n) is 4.41. The largest absolute Gasteiger partial charge is 0.473 e. The highest BCUT2D eigenvalue weighted by Gasteiger charge is 2.24. The van der Waals surface area contributed by atoms with Gasteiger partial charge >= 0.3 is 5.97 Å². The van der Waals surface area contributed by atoms with Gasteiger partial charge in [0.05, 0.1) is 12.4 Å². The molecule has 7 nitrogen and oxygen atoms in total. The van der Waals surface area contributed by atoms with Gasteiger partial charge in [-0.15, -0.1) is 0 Å². The lowest BCUT2D eigenvalue weighted by molar-refractivity contribution is -0.139. The van der Waals surface area contributed by atoms with Crippen LogP contribution in [-0.2, 0) is 16.6 Å². The Hall–Kier alpha value is -1.83. The average Bonchev–Trinajstić information content (AvgIpc) is 2.91. The molecular formula is C17H24N4O3S. The van der Waals surface area contributed by atoms with Crippen LogP contribution in [0.2, 0.25) is 0 Å². The van der Waals surface area contributed by atoms with E-state index in [0.29, 0.717) is 28.5 Å². The third kappa shape index (κ3) is 4.23. The van der Waals surface area contributed by atoms with E-state index < -0.39 is 0 Å². The molecule has 136 valence electrons. The fourth-order valence-electron chi connectivity index (χ4n) is 3.03. The van der Waals surface area contributed by atoms with Gasteiger partial charge < -0.3 is 9.47 Å². The first-order valence-electron chi connectivity index (χ1n) is 8.71. The highest BCUT2D eigenvalue weighted by Crippen LogP contribution is 2.32. The standard InChI is InChI=1S/C17H24N4O3S/c1-4-23-13(22)9-25-16-14-15(18-10-19-16)17(21(3)20-14)24-12-7-5-11(2)6-8-12/h10-12H,4-9H2,1-3H3. The molecule has 2 aromatic heterocycles. The van der Waals surface area contributed by atoms with Gasteiger partial charge in [0.25, 0.3) is 0 Å². The summed E-state index contributed by atoms with van der Waals surface area (Å²) in [6.07, 6.45) is 6.20. The summed E-state index contributed by atoms with van der Waals surface area (Å²) in [6, 6.07) is 0. The first-order chi connectivity index (χ1) is 12.1. The highest BCUT2D eigenvalue weighted by atomic mass is 32.2. The van der Waals surface area contributed by atoms with E-state index in [4.69, 9.17) is 9.47 Å². The second-order valence-electron chi connectivity index (χ2n) is 6.40. The predicted molar refractivity (Wildman–Crippen MR) is 95.7 cm³/mol. The molecule has 8 heteroatoms. The minimum Gasteiger partial charge on any atom is -0.473 e. The molecule has 2 heterocycles. The van der Waals surface area contributed by atoms with Crippen molar-refractivity contribution in [1.29, 1.82) is 0 Å². The fourth-order valence-corrected chi connectivity index (χ4v) is 3.76. The Morgan fingerprint density at radius 1 is 1.28 bits per heavy atom. The lowest BCUT2D eigenvalue weighted by atomic mass is 9.89. The van der Waals surface area contributed by atoms with Crippen molar-refractivity contribution in [1.82, 2.24) is 19.7 Å². The first kappa shape index (κ1) is 18.0. The molecule has 1 saturated carbocycles. The van der Waals surface area contributed by atoms with Crippen molar-refractivity contribution in [2.45, 2.75) is 50.7 Å². The Balaban J connectivity index is 1.77. The summed E-state index contributed by atoms with van der Waals surface area (Å²) in [5.74, 6) is 1.39. The van der Waals surface area contributed by atoms with E-state index in [-0.39, 0.29) is 17.8 Å². The summed E-state index contributed by atoms with van der Waals surface area (Å²) in [4.78, 5) is 20.2. The van der Waals surface area contributed by atoms with E-state index in [1.807, 2.05) is 7.05 Å². The summed E-state index contributed by atoms with van der Waals surface area (Å²) in [7, 11) is 1.85. The number of thioether (sulfide) groups is 1. The Morgan fingerprint density at radius 3 is 2.76 bits per heavy atom. The fraction of sp³-hybridized carbons (Fsp3) is 0.647. The maximum Gasteiger partial charge on any atom is 0.316 e. The molecule has 0 saturated heterocycles. The van der Waals surface area contributed by atoms with Gasteiger partial charge in [-0.25, -0.2) is 14.6 Å². The quantitative estimate of drug-likeness (QED) is 0.443. The second-order valence-corrected chi connectivity index (χ2v) is 7.36. The molecule has 0 atom stereocenters. The van der Waals surface area contributed by atoms with Gasteiger partial charge in [-0.3, -0.25) is 4.79 Å². The molecule has 1 fully saturated rings. The summed E-state index contributed by atoms with van der Waals surface area (Å²) < 4.78 is 12.9. The number of aromatic nitrogens is 4. The van der Waals surface area contributed by atoms with E-state index in [2.05, 4.69) is 22.0 Å². The van der Waals surface area contributed by atoms with Crippen molar-refractivity contribution >= 4 is 28.8 Å². The molecule has 3 rings (SSSR count). The first-order valence-corrected chi connectivity index (χ1v) is 9.69. The second kappa shape index (κ2) is 8.03. The number of hydrogen-bond acceptors (Lipinski definition) is 7. The molecule has 0 aliphatic heterocycles. The van der Waals surface area contributed by atoms with Crippen LogP contribution in [0, 0.1) is 5.92 Å². The van der Waals surface area contributed by atoms with Gasteiger partial charge in [-0.2, -0.15) is 5.10 Å². The monoisotopic (exact) mass is 364 g/mol. The van der Waals surface area contributed by atoms with Gasteiger partial charge in [-0.1, -0.05) is 18.7 Å². The van der Waals surface area contributed by atoms with E-state index >= 15 is 0 Å². The zero-order valence-corrected chi connectivity index (χ0v) is 15.7. The highest BCUT2D eigenvalue weighted by molar-refractivity contribution is 8.00. The summed E-state index contributed by atoms with van der Waals surface area (Å²) in [6.45, 7) is 4.45. The molecule has 1 aliphatic rings. The van der Waals surface area contributed by atoms with Crippen molar-refractivity contribution in [2.75, 3.05) is 12.4 Å². The van der Waals surface area contributed by atoms with Crippen molar-refractivity contribution in [3.8, 4) is 5.88 Å². The number of fused-ring (bicyclic) bond motifs is 1. The molecular weight excluding hydrogens is 340 g/mol. The molecule has 2 aromatic rings. The number of hydrogen-bond donors (Lipinski definition) is 0. The summed E-state index contributed by atoms with van der Waals surface area (Å²) in [5.41, 5.74) is 1.36. The third-order valence-corrected chi connectivity index (χ3v) is 5.36. The smallest absolute Gasteiger partial charge is 0.316 e. The van der Waals surface area contributed by atoms with Crippen LogP contribution in [0.15, 0.2) is 11.4 Å². The molecule has 1 aliphatic carbocycles. The molecule has 0 aromatic carbocycles. The van der Waals surface area contributed by atoms with Crippen LogP contribution in [0.3, 0.4) is 0 Å². The number of ether oxygens (including phenoxy) is 2. The van der Waals surface area contributed by atoms with E-state index in [9.17, 15) is 4.79 Å². The number of aryl methyl sites for hydroxylation is 1. The molecule has 0 N–H and O–H groups in total. The van der Waals surface area contributed by atoms with Gasteiger partial charge in [0.2, 0.25) is 5.88 Å². The van der Waals surface area contributed by atoms with Crippen LogP contribution in [0.4, 0.5) is 0 Å². The van der Waals surface area contributed by atoms with Crippen molar-refractivity contribution in [3.05, 3.63) is 6.33 Å². The van der Waals surface area contributed by atoms with E-state index in [0.717, 1.165) is 18.8 Å². The van der Waals surface area contributed by atoms with Gasteiger partial charge in [0, 0.05) is 7.05 Å². The normalized spacial score (nSPS) is 20.6. The van der Waals surface area contributed by atoms with Gasteiger partial charge in [0.15, 0.2) is 5.52 Å². The van der Waals surface area contributed by atoms with Gasteiger partial charge in [0.1, 0.15) is 23.0 Å². The number of carbonyl (C=O) groups excluding carboxylic acids is 1. The number of nitrogens with zero attached hydrogens (tertiary/aromatic N) is 4. The molecule has 0 unspecified atom stereocenters. The molecule has 0 radical (unpaired) electrons. The van der Waals surface area contributed by atoms with Crippen molar-refractivity contribution in [2.24, 2.45) is 13.0 Å². The van der Waals surface area contributed by atoms with Crippen molar-refractivity contribution in [3.63, 3.8) is 0 Å². The Morgan fingerprint density at radius 2 is 2.04 bits per heavy atom. The Labute approximate surface area is 151 Å². The van der Waals surface area contributed by atoms with E-state index in [1.54, 1.807) is 11.6 Å². The molecule has 0 amide bonds. The maximum atomic E-state index is 11.6. The Kier molecular flexibility index (Phi) is 5.78. The topological polar surface area (TPSA) is 79.1 Å². The maximum absolute atomic E-state index is 11.6. The lowest BCUT2D eigenvalue weighted by Crippen LogP contribution is -2.24. The van der Waals surface area contributed by atoms with Crippen LogP contribution in [0.1, 0.15) is 39.5 Å². The zero-order valence-electron chi connectivity index (χ0n) is 14.9. The predicted octanol–water partition coefficient (Wildman–Crippen LogP) is 2.98. The minimum atomic E-state index is -0.261. The number of esters is 1. The van der Waals surface area contributed by atoms with Gasteiger partial charge in [-0.05, 0) is 38.5 Å². The minimum absolute atomic E-state index is 0.202. The number of carbonyl (C=O) groups is 1. The molecule has 0 bridgehead atoms. The Bertz CT molecular complexity index is 741. The van der Waals surface area contributed by atoms with Crippen LogP contribution in [-0.4, -0.2) is 44.2 Å². The SMILES string of the molecule is CCOC(=O)CSc1ncnc2c(OC3CCC(C)CC3)n(C)nc12. The van der Waals surface area contributed by atoms with Crippen LogP contribution in [0.25, 0.3) is 11.0 Å². The van der Waals surface area contributed by atoms with Crippen LogP contribution in [0.5, 0.6) is 5.88 Å². The average molecular weight is 364 g/mol. The number of rotatable bonds is 6. The van der Waals surface area contributed by atoms with Crippen LogP contribution < -0.4 is 4.74 Å². The summed E-state index contributed by atoms with van der Waals surface area (Å²) in [5, 5.41) is 5.18. The molecule has 0 spiro atoms. The molecule has 25 heavy (non-hydrogen) atoms. The van der Waals surface area contributed by atoms with Crippen LogP contribution >= 0.6 is 11.8 Å². The zero-order chi connectivity index (χ0) is 17.8. The van der Waals surface area contributed by atoms with E-state index in [1.165, 1.54) is 30.9 Å². The van der Waals surface area contributed by atoms with Crippen molar-refractivity contribution < 1.29 is 14.3 Å². The lowest BCUT2D eigenvalue weighted by Gasteiger charge is -2.26.